The van der Waals surface area contributed by atoms with Crippen molar-refractivity contribution in [2.45, 2.75) is 38.3 Å². The zero-order valence-electron chi connectivity index (χ0n) is 10.2. The first kappa shape index (κ1) is 12.5. The number of nitrogens with one attached hydrogen (secondary N) is 1. The quantitative estimate of drug-likeness (QED) is 0.890. The summed E-state index contributed by atoms with van der Waals surface area (Å²) in [6.45, 7) is 1.57. The van der Waals surface area contributed by atoms with Crippen LogP contribution in [0.4, 0.5) is 0 Å². The molecule has 1 unspecified atom stereocenters. The number of hydrogen-bond acceptors (Lipinski definition) is 4. The van der Waals surface area contributed by atoms with Crippen molar-refractivity contribution in [3.63, 3.8) is 0 Å². The summed E-state index contributed by atoms with van der Waals surface area (Å²) in [6.07, 6.45) is 4.51. The fourth-order valence-electron chi connectivity index (χ4n) is 2.14. The molecule has 0 bridgehead atoms. The van der Waals surface area contributed by atoms with E-state index < -0.39 is 0 Å². The van der Waals surface area contributed by atoms with Gasteiger partial charge in [-0.15, -0.1) is 11.3 Å². The second-order valence-electron chi connectivity index (χ2n) is 4.53. The third-order valence-electron chi connectivity index (χ3n) is 3.12. The van der Waals surface area contributed by atoms with E-state index in [0.717, 1.165) is 25.1 Å². The molecule has 1 aromatic rings. The lowest BCUT2D eigenvalue weighted by Gasteiger charge is -2.22. The van der Waals surface area contributed by atoms with E-state index in [2.05, 4.69) is 10.3 Å². The minimum atomic E-state index is 0.00105. The molecule has 1 atom stereocenters. The fourth-order valence-corrected chi connectivity index (χ4v) is 2.69. The molecule has 1 aliphatic heterocycles. The van der Waals surface area contributed by atoms with E-state index >= 15 is 0 Å². The summed E-state index contributed by atoms with van der Waals surface area (Å²) < 4.78 is 0. The maximum atomic E-state index is 12.2. The van der Waals surface area contributed by atoms with Crippen LogP contribution in [0, 0.1) is 0 Å². The fraction of sp³-hybridized carbons (Fsp3) is 0.667. The first-order valence-corrected chi connectivity index (χ1v) is 7.07. The number of likely N-dealkylation sites (N-methyl/N-ethyl adjacent to an activating group) is 1. The van der Waals surface area contributed by atoms with Gasteiger partial charge in [0.1, 0.15) is 0 Å². The number of thiazole rings is 1. The van der Waals surface area contributed by atoms with Crippen molar-refractivity contribution in [1.29, 1.82) is 0 Å². The van der Waals surface area contributed by atoms with Crippen LogP contribution < -0.4 is 5.32 Å². The van der Waals surface area contributed by atoms with Gasteiger partial charge in [-0.3, -0.25) is 4.79 Å². The van der Waals surface area contributed by atoms with Crippen molar-refractivity contribution in [3.05, 3.63) is 16.6 Å². The summed E-state index contributed by atoms with van der Waals surface area (Å²) in [5, 5.41) is 5.32. The average molecular weight is 253 g/mol. The summed E-state index contributed by atoms with van der Waals surface area (Å²) in [5.41, 5.74) is 2.77. The molecule has 2 rings (SSSR count). The van der Waals surface area contributed by atoms with Gasteiger partial charge in [0.05, 0.1) is 23.8 Å². The molecule has 17 heavy (non-hydrogen) atoms. The van der Waals surface area contributed by atoms with Crippen LogP contribution in [0.5, 0.6) is 0 Å². The van der Waals surface area contributed by atoms with Crippen LogP contribution in [-0.4, -0.2) is 35.4 Å². The Bertz CT molecular complexity index is 345. The Kier molecular flexibility index (Phi) is 4.50. The highest BCUT2D eigenvalue weighted by molar-refractivity contribution is 7.07. The van der Waals surface area contributed by atoms with E-state index in [9.17, 15) is 4.79 Å². The highest BCUT2D eigenvalue weighted by Crippen LogP contribution is 2.12. The molecule has 0 radical (unpaired) electrons. The molecule has 0 spiro atoms. The van der Waals surface area contributed by atoms with Crippen LogP contribution >= 0.6 is 11.3 Å². The molecule has 1 aliphatic rings. The molecule has 2 heterocycles. The Hall–Kier alpha value is -0.940. The molecule has 1 N–H and O–H groups in total. The normalized spacial score (nSPS) is 20.9. The zero-order chi connectivity index (χ0) is 12.1. The number of carbonyl (C=O) groups is 1. The van der Waals surface area contributed by atoms with Gasteiger partial charge in [0.15, 0.2) is 0 Å². The number of nitrogens with zero attached hydrogens (tertiary/aromatic N) is 2. The Morgan fingerprint density at radius 3 is 3.24 bits per heavy atom. The molecule has 0 saturated carbocycles. The molecule has 5 heteroatoms. The summed E-state index contributed by atoms with van der Waals surface area (Å²) in [7, 11) is 1.86. The molecular formula is C12H19N3OS. The third-order valence-corrected chi connectivity index (χ3v) is 3.75. The Labute approximate surface area is 106 Å². The summed E-state index contributed by atoms with van der Waals surface area (Å²) >= 11 is 1.57. The van der Waals surface area contributed by atoms with E-state index in [1.807, 2.05) is 12.4 Å². The number of carbonyl (C=O) groups excluding carboxylic acids is 1. The zero-order valence-corrected chi connectivity index (χ0v) is 11.0. The van der Waals surface area contributed by atoms with Crippen molar-refractivity contribution in [3.8, 4) is 0 Å². The molecule has 94 valence electrons. The van der Waals surface area contributed by atoms with Crippen molar-refractivity contribution in [2.24, 2.45) is 0 Å². The molecule has 0 aromatic carbocycles. The molecule has 1 saturated heterocycles. The second kappa shape index (κ2) is 6.12. The van der Waals surface area contributed by atoms with E-state index in [4.69, 9.17) is 0 Å². The predicted molar refractivity (Wildman–Crippen MR) is 68.8 cm³/mol. The number of hydrogen-bond donors (Lipinski definition) is 1. The predicted octanol–water partition coefficient (Wildman–Crippen LogP) is 1.63. The van der Waals surface area contributed by atoms with Gasteiger partial charge in [0, 0.05) is 12.4 Å². The molecule has 4 nitrogen and oxygen atoms in total. The van der Waals surface area contributed by atoms with Gasteiger partial charge in [0.25, 0.3) is 0 Å². The van der Waals surface area contributed by atoms with Crippen molar-refractivity contribution >= 4 is 17.2 Å². The second-order valence-corrected chi connectivity index (χ2v) is 5.25. The van der Waals surface area contributed by atoms with Crippen molar-refractivity contribution in [1.82, 2.24) is 15.2 Å². The number of amides is 1. The molecule has 1 aromatic heterocycles. The lowest BCUT2D eigenvalue weighted by Crippen LogP contribution is -2.44. The smallest absolute Gasteiger partial charge is 0.239 e. The highest BCUT2D eigenvalue weighted by atomic mass is 32.1. The van der Waals surface area contributed by atoms with Crippen molar-refractivity contribution in [2.75, 3.05) is 13.6 Å². The van der Waals surface area contributed by atoms with Crippen LogP contribution in [0.2, 0.25) is 0 Å². The standard InChI is InChI=1S/C12H19N3OS/c1-15(7-10-8-17-9-14-10)12(16)11-5-3-2-4-6-13-11/h8-9,11,13H,2-7H2,1H3. The molecular weight excluding hydrogens is 234 g/mol. The van der Waals surface area contributed by atoms with Crippen LogP contribution in [0.15, 0.2) is 10.9 Å². The molecule has 1 fully saturated rings. The van der Waals surface area contributed by atoms with Crippen LogP contribution in [0.1, 0.15) is 31.4 Å². The van der Waals surface area contributed by atoms with Gasteiger partial charge in [-0.25, -0.2) is 4.98 Å². The Morgan fingerprint density at radius 2 is 2.47 bits per heavy atom. The van der Waals surface area contributed by atoms with E-state index in [1.165, 1.54) is 12.8 Å². The SMILES string of the molecule is CN(Cc1cscn1)C(=O)C1CCCCCN1. The van der Waals surface area contributed by atoms with Gasteiger partial charge in [-0.1, -0.05) is 12.8 Å². The van der Waals surface area contributed by atoms with Gasteiger partial charge < -0.3 is 10.2 Å². The topological polar surface area (TPSA) is 45.2 Å². The number of rotatable bonds is 3. The molecule has 0 aliphatic carbocycles. The Balaban J connectivity index is 1.89. The summed E-state index contributed by atoms with van der Waals surface area (Å²) in [6, 6.07) is 0.00105. The minimum absolute atomic E-state index is 0.00105. The maximum absolute atomic E-state index is 12.2. The van der Waals surface area contributed by atoms with Gasteiger partial charge in [-0.05, 0) is 19.4 Å². The molecule has 1 amide bonds. The first-order valence-electron chi connectivity index (χ1n) is 6.13. The largest absolute Gasteiger partial charge is 0.338 e. The monoisotopic (exact) mass is 253 g/mol. The van der Waals surface area contributed by atoms with E-state index in [1.54, 1.807) is 21.7 Å². The van der Waals surface area contributed by atoms with Crippen LogP contribution in [0.3, 0.4) is 0 Å². The Morgan fingerprint density at radius 1 is 1.59 bits per heavy atom. The lowest BCUT2D eigenvalue weighted by molar-refractivity contribution is -0.132. The summed E-state index contributed by atoms with van der Waals surface area (Å²) in [4.78, 5) is 18.2. The van der Waals surface area contributed by atoms with Crippen LogP contribution in [0.25, 0.3) is 0 Å². The summed E-state index contributed by atoms with van der Waals surface area (Å²) in [5.74, 6) is 0.194. The van der Waals surface area contributed by atoms with Gasteiger partial charge in [-0.2, -0.15) is 0 Å². The van der Waals surface area contributed by atoms with Crippen LogP contribution in [-0.2, 0) is 11.3 Å². The van der Waals surface area contributed by atoms with Gasteiger partial charge >= 0.3 is 0 Å². The van der Waals surface area contributed by atoms with Gasteiger partial charge in [0.2, 0.25) is 5.91 Å². The van der Waals surface area contributed by atoms with Crippen molar-refractivity contribution < 1.29 is 4.79 Å². The van der Waals surface area contributed by atoms with E-state index in [0.29, 0.717) is 6.54 Å². The maximum Gasteiger partial charge on any atom is 0.239 e. The highest BCUT2D eigenvalue weighted by Gasteiger charge is 2.22. The first-order chi connectivity index (χ1) is 8.27. The number of aromatic nitrogens is 1. The lowest BCUT2D eigenvalue weighted by atomic mass is 10.1. The third kappa shape index (κ3) is 3.51. The average Bonchev–Trinajstić information content (AvgIpc) is 2.68. The minimum Gasteiger partial charge on any atom is -0.338 e. The van der Waals surface area contributed by atoms with E-state index in [-0.39, 0.29) is 11.9 Å².